The maximum absolute atomic E-state index is 12.4. The zero-order valence-electron chi connectivity index (χ0n) is 10.9. The first-order valence-electron chi connectivity index (χ1n) is 6.34. The first-order chi connectivity index (χ1) is 8.68. The second kappa shape index (κ2) is 6.25. The van der Waals surface area contributed by atoms with Crippen LogP contribution < -0.4 is 5.32 Å². The van der Waals surface area contributed by atoms with Crippen LogP contribution in [0.4, 0.5) is 0 Å². The summed E-state index contributed by atoms with van der Waals surface area (Å²) in [6.45, 7) is 4.84. The van der Waals surface area contributed by atoms with Crippen molar-refractivity contribution in [1.82, 2.24) is 10.2 Å². The highest BCUT2D eigenvalue weighted by molar-refractivity contribution is 7.99. The van der Waals surface area contributed by atoms with Crippen molar-refractivity contribution in [3.05, 3.63) is 35.9 Å². The van der Waals surface area contributed by atoms with E-state index in [9.17, 15) is 4.79 Å². The molecule has 1 unspecified atom stereocenters. The zero-order valence-corrected chi connectivity index (χ0v) is 11.7. The Hall–Kier alpha value is -1.00. The van der Waals surface area contributed by atoms with Gasteiger partial charge in [0.2, 0.25) is 5.91 Å². The molecule has 1 heterocycles. The normalized spacial score (nSPS) is 19.2. The van der Waals surface area contributed by atoms with Gasteiger partial charge in [0.25, 0.3) is 0 Å². The van der Waals surface area contributed by atoms with Crippen LogP contribution in [-0.4, -0.2) is 34.5 Å². The van der Waals surface area contributed by atoms with Gasteiger partial charge in [0.05, 0.1) is 6.04 Å². The van der Waals surface area contributed by atoms with E-state index >= 15 is 0 Å². The molecule has 0 saturated carbocycles. The molecule has 0 bridgehead atoms. The van der Waals surface area contributed by atoms with Gasteiger partial charge in [-0.3, -0.25) is 10.1 Å². The van der Waals surface area contributed by atoms with Gasteiger partial charge in [0.1, 0.15) is 0 Å². The number of thioether (sulfide) groups is 1. The van der Waals surface area contributed by atoms with Crippen LogP contribution in [-0.2, 0) is 11.3 Å². The Morgan fingerprint density at radius 1 is 1.44 bits per heavy atom. The molecule has 18 heavy (non-hydrogen) atoms. The molecular weight excluding hydrogens is 244 g/mol. The van der Waals surface area contributed by atoms with Crippen LogP contribution in [0, 0.1) is 0 Å². The van der Waals surface area contributed by atoms with Gasteiger partial charge in [-0.2, -0.15) is 0 Å². The standard InChI is InChI=1S/C14H20N2OS/c1-11(2)16(8-12-6-4-3-5-7-12)14(17)13-9-18-10-15-13/h3-7,11,13,15H,8-10H2,1-2H3. The summed E-state index contributed by atoms with van der Waals surface area (Å²) in [6.07, 6.45) is 0. The quantitative estimate of drug-likeness (QED) is 0.904. The third-order valence-corrected chi connectivity index (χ3v) is 4.06. The summed E-state index contributed by atoms with van der Waals surface area (Å²) in [4.78, 5) is 14.4. The van der Waals surface area contributed by atoms with Gasteiger partial charge in [0, 0.05) is 24.2 Å². The maximum Gasteiger partial charge on any atom is 0.241 e. The fourth-order valence-electron chi connectivity index (χ4n) is 2.05. The Morgan fingerprint density at radius 2 is 2.17 bits per heavy atom. The number of carbonyl (C=O) groups is 1. The average molecular weight is 264 g/mol. The van der Waals surface area contributed by atoms with E-state index in [1.54, 1.807) is 11.8 Å². The fraction of sp³-hybridized carbons (Fsp3) is 0.500. The second-order valence-corrected chi connectivity index (χ2v) is 5.85. The largest absolute Gasteiger partial charge is 0.335 e. The van der Waals surface area contributed by atoms with Gasteiger partial charge in [-0.15, -0.1) is 11.8 Å². The second-order valence-electron chi connectivity index (χ2n) is 4.82. The Kier molecular flexibility index (Phi) is 4.66. The molecule has 1 amide bonds. The highest BCUT2D eigenvalue weighted by Crippen LogP contribution is 2.15. The van der Waals surface area contributed by atoms with E-state index in [1.165, 1.54) is 5.56 Å². The minimum Gasteiger partial charge on any atom is -0.335 e. The molecule has 1 aromatic carbocycles. The zero-order chi connectivity index (χ0) is 13.0. The van der Waals surface area contributed by atoms with Crippen molar-refractivity contribution >= 4 is 17.7 Å². The summed E-state index contributed by atoms with van der Waals surface area (Å²) in [5.41, 5.74) is 1.19. The van der Waals surface area contributed by atoms with E-state index in [0.29, 0.717) is 6.54 Å². The van der Waals surface area contributed by atoms with Gasteiger partial charge in [0.15, 0.2) is 0 Å². The van der Waals surface area contributed by atoms with Crippen molar-refractivity contribution in [2.75, 3.05) is 11.6 Å². The SMILES string of the molecule is CC(C)N(Cc1ccccc1)C(=O)C1CSCN1. The van der Waals surface area contributed by atoms with E-state index in [4.69, 9.17) is 0 Å². The maximum atomic E-state index is 12.4. The van der Waals surface area contributed by atoms with Crippen molar-refractivity contribution in [1.29, 1.82) is 0 Å². The monoisotopic (exact) mass is 264 g/mol. The van der Waals surface area contributed by atoms with Crippen LogP contribution in [0.25, 0.3) is 0 Å². The molecule has 1 N–H and O–H groups in total. The molecule has 1 saturated heterocycles. The lowest BCUT2D eigenvalue weighted by atomic mass is 10.1. The van der Waals surface area contributed by atoms with Crippen molar-refractivity contribution < 1.29 is 4.79 Å². The Labute approximate surface area is 113 Å². The predicted molar refractivity (Wildman–Crippen MR) is 76.4 cm³/mol. The molecule has 1 aromatic rings. The minimum absolute atomic E-state index is 0.0129. The first kappa shape index (κ1) is 13.4. The minimum atomic E-state index is -0.0129. The number of carbonyl (C=O) groups excluding carboxylic acids is 1. The van der Waals surface area contributed by atoms with Crippen LogP contribution in [0.5, 0.6) is 0 Å². The molecular formula is C14H20N2OS. The number of amides is 1. The third kappa shape index (κ3) is 3.27. The van der Waals surface area contributed by atoms with Crippen LogP contribution in [0.1, 0.15) is 19.4 Å². The van der Waals surface area contributed by atoms with E-state index in [2.05, 4.69) is 31.3 Å². The lowest BCUT2D eigenvalue weighted by Crippen LogP contribution is -2.47. The lowest BCUT2D eigenvalue weighted by molar-refractivity contribution is -0.135. The number of nitrogens with zero attached hydrogens (tertiary/aromatic N) is 1. The Morgan fingerprint density at radius 3 is 2.72 bits per heavy atom. The van der Waals surface area contributed by atoms with Gasteiger partial charge in [-0.25, -0.2) is 0 Å². The van der Waals surface area contributed by atoms with E-state index in [1.807, 2.05) is 23.1 Å². The molecule has 0 radical (unpaired) electrons. The Balaban J connectivity index is 2.06. The van der Waals surface area contributed by atoms with Crippen LogP contribution in [0.15, 0.2) is 30.3 Å². The Bertz CT molecular complexity index is 388. The summed E-state index contributed by atoms with van der Waals surface area (Å²) in [6, 6.07) is 10.4. The molecule has 98 valence electrons. The summed E-state index contributed by atoms with van der Waals surface area (Å²) < 4.78 is 0. The van der Waals surface area contributed by atoms with Gasteiger partial charge < -0.3 is 4.90 Å². The predicted octanol–water partition coefficient (Wildman–Crippen LogP) is 2.09. The van der Waals surface area contributed by atoms with E-state index in [0.717, 1.165) is 11.6 Å². The third-order valence-electron chi connectivity index (χ3n) is 3.12. The summed E-state index contributed by atoms with van der Waals surface area (Å²) in [5.74, 6) is 1.99. The molecule has 4 heteroatoms. The molecule has 1 aliphatic heterocycles. The fourth-order valence-corrected chi connectivity index (χ4v) is 2.98. The van der Waals surface area contributed by atoms with Gasteiger partial charge >= 0.3 is 0 Å². The lowest BCUT2D eigenvalue weighted by Gasteiger charge is -2.29. The van der Waals surface area contributed by atoms with Gasteiger partial charge in [-0.1, -0.05) is 30.3 Å². The molecule has 0 aliphatic carbocycles. The number of benzene rings is 1. The molecule has 1 fully saturated rings. The van der Waals surface area contributed by atoms with Crippen LogP contribution >= 0.6 is 11.8 Å². The van der Waals surface area contributed by atoms with E-state index < -0.39 is 0 Å². The summed E-state index contributed by atoms with van der Waals surface area (Å²) in [5, 5.41) is 3.25. The van der Waals surface area contributed by atoms with Crippen LogP contribution in [0.2, 0.25) is 0 Å². The van der Waals surface area contributed by atoms with Crippen molar-refractivity contribution in [3.63, 3.8) is 0 Å². The smallest absolute Gasteiger partial charge is 0.241 e. The van der Waals surface area contributed by atoms with Crippen molar-refractivity contribution in [3.8, 4) is 0 Å². The first-order valence-corrected chi connectivity index (χ1v) is 7.49. The molecule has 1 atom stereocenters. The highest BCUT2D eigenvalue weighted by atomic mass is 32.2. The molecule has 2 rings (SSSR count). The average Bonchev–Trinajstić information content (AvgIpc) is 2.90. The topological polar surface area (TPSA) is 32.3 Å². The number of hydrogen-bond donors (Lipinski definition) is 1. The number of hydrogen-bond acceptors (Lipinski definition) is 3. The number of nitrogens with one attached hydrogen (secondary N) is 1. The van der Waals surface area contributed by atoms with Crippen LogP contribution in [0.3, 0.4) is 0 Å². The van der Waals surface area contributed by atoms with E-state index in [-0.39, 0.29) is 18.0 Å². The molecule has 3 nitrogen and oxygen atoms in total. The molecule has 1 aliphatic rings. The number of rotatable bonds is 4. The van der Waals surface area contributed by atoms with Crippen molar-refractivity contribution in [2.45, 2.75) is 32.5 Å². The molecule has 0 aromatic heterocycles. The van der Waals surface area contributed by atoms with Crippen molar-refractivity contribution in [2.24, 2.45) is 0 Å². The highest BCUT2D eigenvalue weighted by Gasteiger charge is 2.28. The molecule has 0 spiro atoms. The van der Waals surface area contributed by atoms with Gasteiger partial charge in [-0.05, 0) is 19.4 Å². The summed E-state index contributed by atoms with van der Waals surface area (Å²) >= 11 is 1.79. The summed E-state index contributed by atoms with van der Waals surface area (Å²) in [7, 11) is 0.